The summed E-state index contributed by atoms with van der Waals surface area (Å²) in [5, 5.41) is 0. The summed E-state index contributed by atoms with van der Waals surface area (Å²) in [5.74, 6) is -0.00926. The molecule has 0 spiro atoms. The fourth-order valence-corrected chi connectivity index (χ4v) is 4.00. The topological polar surface area (TPSA) is 48.0 Å². The third-order valence-electron chi connectivity index (χ3n) is 6.51. The van der Waals surface area contributed by atoms with Crippen LogP contribution in [-0.4, -0.2) is 48.0 Å². The SMILES string of the molecule is CC(C)(C)OC(=O)N1CCC(c2ccc(C(F)(F)F)cc2B2OC(C)(C)C(C)(C)O2)CC1. The summed E-state index contributed by atoms with van der Waals surface area (Å²) in [6, 6.07) is 3.80. The van der Waals surface area contributed by atoms with Crippen molar-refractivity contribution >= 4 is 18.7 Å². The molecule has 5 nitrogen and oxygen atoms in total. The van der Waals surface area contributed by atoms with Gasteiger partial charge in [0.05, 0.1) is 16.8 Å². The van der Waals surface area contributed by atoms with Gasteiger partial charge in [-0.2, -0.15) is 13.2 Å². The number of likely N-dealkylation sites (tertiary alicyclic amines) is 1. The minimum Gasteiger partial charge on any atom is -0.444 e. The number of alkyl halides is 3. The molecule has 178 valence electrons. The number of piperidine rings is 1. The maximum Gasteiger partial charge on any atom is 0.495 e. The van der Waals surface area contributed by atoms with Crippen LogP contribution in [0, 0.1) is 0 Å². The van der Waals surface area contributed by atoms with Crippen molar-refractivity contribution in [3.8, 4) is 0 Å². The summed E-state index contributed by atoms with van der Waals surface area (Å²) in [6.07, 6.45) is -3.58. The zero-order valence-electron chi connectivity index (χ0n) is 19.9. The van der Waals surface area contributed by atoms with E-state index in [-0.39, 0.29) is 12.0 Å². The molecule has 2 saturated heterocycles. The lowest BCUT2D eigenvalue weighted by molar-refractivity contribution is -0.137. The van der Waals surface area contributed by atoms with Crippen molar-refractivity contribution in [3.05, 3.63) is 29.3 Å². The second-order valence-electron chi connectivity index (χ2n) is 10.7. The number of carbonyl (C=O) groups excluding carboxylic acids is 1. The molecule has 0 aliphatic carbocycles. The monoisotopic (exact) mass is 455 g/mol. The molecule has 1 aromatic rings. The maximum absolute atomic E-state index is 13.5. The van der Waals surface area contributed by atoms with Crippen LogP contribution in [0.4, 0.5) is 18.0 Å². The highest BCUT2D eigenvalue weighted by Gasteiger charge is 2.53. The minimum atomic E-state index is -4.46. The van der Waals surface area contributed by atoms with E-state index in [9.17, 15) is 18.0 Å². The van der Waals surface area contributed by atoms with Crippen molar-refractivity contribution in [2.75, 3.05) is 13.1 Å². The van der Waals surface area contributed by atoms with Gasteiger partial charge in [-0.1, -0.05) is 6.07 Å². The second-order valence-corrected chi connectivity index (χ2v) is 10.7. The first kappa shape index (κ1) is 24.9. The quantitative estimate of drug-likeness (QED) is 0.581. The van der Waals surface area contributed by atoms with Crippen molar-refractivity contribution in [2.24, 2.45) is 0 Å². The Kier molecular flexibility index (Phi) is 6.41. The summed E-state index contributed by atoms with van der Waals surface area (Å²) in [4.78, 5) is 14.0. The van der Waals surface area contributed by atoms with E-state index in [4.69, 9.17) is 14.0 Å². The van der Waals surface area contributed by atoms with Crippen molar-refractivity contribution in [2.45, 2.75) is 90.2 Å². The van der Waals surface area contributed by atoms with Crippen LogP contribution < -0.4 is 5.46 Å². The Hall–Kier alpha value is -1.74. The lowest BCUT2D eigenvalue weighted by atomic mass is 9.70. The van der Waals surface area contributed by atoms with Crippen molar-refractivity contribution in [3.63, 3.8) is 0 Å². The third kappa shape index (κ3) is 5.25. The molecule has 2 aliphatic rings. The van der Waals surface area contributed by atoms with Crippen LogP contribution in [-0.2, 0) is 20.2 Å². The molecular formula is C23H33BF3NO4. The molecule has 0 aromatic heterocycles. The van der Waals surface area contributed by atoms with Crippen LogP contribution in [0.1, 0.15) is 78.4 Å². The number of rotatable bonds is 2. The number of benzene rings is 1. The molecule has 1 amide bonds. The standard InChI is InChI=1S/C23H33BF3NO4/c1-20(2,3)30-19(29)28-12-10-15(11-13-28)17-9-8-16(23(25,26)27)14-18(17)24-31-21(4,5)22(6,7)32-24/h8-9,14-15H,10-13H2,1-7H3. The van der Waals surface area contributed by atoms with Gasteiger partial charge in [-0.05, 0) is 90.4 Å². The normalized spacial score (nSPS) is 21.7. The van der Waals surface area contributed by atoms with Crippen LogP contribution in [0.5, 0.6) is 0 Å². The number of hydrogen-bond donors (Lipinski definition) is 0. The number of ether oxygens (including phenoxy) is 1. The summed E-state index contributed by atoms with van der Waals surface area (Å²) >= 11 is 0. The van der Waals surface area contributed by atoms with Crippen LogP contribution in [0.25, 0.3) is 0 Å². The van der Waals surface area contributed by atoms with Crippen molar-refractivity contribution < 1.29 is 32.0 Å². The Labute approximate surface area is 188 Å². The average Bonchev–Trinajstić information content (AvgIpc) is 2.86. The highest BCUT2D eigenvalue weighted by Crippen LogP contribution is 2.39. The van der Waals surface area contributed by atoms with Gasteiger partial charge in [-0.25, -0.2) is 4.79 Å². The van der Waals surface area contributed by atoms with Crippen LogP contribution in [0.15, 0.2) is 18.2 Å². The van der Waals surface area contributed by atoms with Crippen LogP contribution >= 0.6 is 0 Å². The fraction of sp³-hybridized carbons (Fsp3) is 0.696. The van der Waals surface area contributed by atoms with Gasteiger partial charge in [0, 0.05) is 13.1 Å². The molecule has 9 heteroatoms. The van der Waals surface area contributed by atoms with Gasteiger partial charge in [0.15, 0.2) is 0 Å². The molecule has 2 heterocycles. The van der Waals surface area contributed by atoms with E-state index in [0.717, 1.165) is 17.7 Å². The van der Waals surface area contributed by atoms with Crippen LogP contribution in [0.2, 0.25) is 0 Å². The highest BCUT2D eigenvalue weighted by atomic mass is 19.4. The van der Waals surface area contributed by atoms with Gasteiger partial charge in [-0.3, -0.25) is 0 Å². The number of amides is 1. The molecule has 0 radical (unpaired) electrons. The van der Waals surface area contributed by atoms with E-state index in [0.29, 0.717) is 31.4 Å². The fourth-order valence-electron chi connectivity index (χ4n) is 4.00. The Morgan fingerprint density at radius 3 is 2.06 bits per heavy atom. The lowest BCUT2D eigenvalue weighted by Gasteiger charge is -2.34. The molecule has 1 aromatic carbocycles. The smallest absolute Gasteiger partial charge is 0.444 e. The molecule has 2 aliphatic heterocycles. The molecule has 0 atom stereocenters. The zero-order valence-corrected chi connectivity index (χ0v) is 19.9. The Balaban J connectivity index is 1.85. The summed E-state index contributed by atoms with van der Waals surface area (Å²) in [5.41, 5.74) is -1.44. The van der Waals surface area contributed by atoms with E-state index in [2.05, 4.69) is 0 Å². The van der Waals surface area contributed by atoms with E-state index >= 15 is 0 Å². The second kappa shape index (κ2) is 8.24. The number of nitrogens with zero attached hydrogens (tertiary/aromatic N) is 1. The Morgan fingerprint density at radius 2 is 1.59 bits per heavy atom. The third-order valence-corrected chi connectivity index (χ3v) is 6.51. The highest BCUT2D eigenvalue weighted by molar-refractivity contribution is 6.62. The van der Waals surface area contributed by atoms with Crippen molar-refractivity contribution in [1.82, 2.24) is 4.90 Å². The maximum atomic E-state index is 13.5. The first-order valence-electron chi connectivity index (χ1n) is 11.0. The zero-order chi connectivity index (χ0) is 24.1. The molecular weight excluding hydrogens is 422 g/mol. The largest absolute Gasteiger partial charge is 0.495 e. The minimum absolute atomic E-state index is 0.00926. The van der Waals surface area contributed by atoms with Gasteiger partial charge in [0.2, 0.25) is 0 Å². The van der Waals surface area contributed by atoms with E-state index in [1.54, 1.807) is 4.90 Å². The molecule has 32 heavy (non-hydrogen) atoms. The molecule has 0 N–H and O–H groups in total. The lowest BCUT2D eigenvalue weighted by Crippen LogP contribution is -2.43. The summed E-state index contributed by atoms with van der Waals surface area (Å²) < 4.78 is 58.0. The Morgan fingerprint density at radius 1 is 1.06 bits per heavy atom. The van der Waals surface area contributed by atoms with Gasteiger partial charge in [0.25, 0.3) is 0 Å². The number of hydrogen-bond acceptors (Lipinski definition) is 4. The summed E-state index contributed by atoms with van der Waals surface area (Å²) in [6.45, 7) is 13.9. The number of carbonyl (C=O) groups is 1. The van der Waals surface area contributed by atoms with Gasteiger partial charge in [-0.15, -0.1) is 0 Å². The first-order chi connectivity index (χ1) is 14.5. The van der Waals surface area contributed by atoms with Gasteiger partial charge >= 0.3 is 19.4 Å². The molecule has 0 saturated carbocycles. The van der Waals surface area contributed by atoms with E-state index < -0.39 is 35.7 Å². The predicted octanol–water partition coefficient (Wildman–Crippen LogP) is 5.12. The molecule has 2 fully saturated rings. The van der Waals surface area contributed by atoms with E-state index in [1.807, 2.05) is 48.5 Å². The van der Waals surface area contributed by atoms with Gasteiger partial charge < -0.3 is 18.9 Å². The van der Waals surface area contributed by atoms with Gasteiger partial charge in [0.1, 0.15) is 5.60 Å². The Bertz CT molecular complexity index is 840. The molecule has 0 unspecified atom stereocenters. The van der Waals surface area contributed by atoms with Crippen LogP contribution in [0.3, 0.4) is 0 Å². The average molecular weight is 455 g/mol. The first-order valence-corrected chi connectivity index (χ1v) is 11.0. The molecule has 0 bridgehead atoms. The van der Waals surface area contributed by atoms with Crippen molar-refractivity contribution in [1.29, 1.82) is 0 Å². The predicted molar refractivity (Wildman–Crippen MR) is 117 cm³/mol. The summed E-state index contributed by atoms with van der Waals surface area (Å²) in [7, 11) is -0.888. The molecule has 3 rings (SSSR count). The van der Waals surface area contributed by atoms with E-state index in [1.165, 1.54) is 6.07 Å². The number of halogens is 3.